The Hall–Kier alpha value is -2.98. The van der Waals surface area contributed by atoms with E-state index in [-0.39, 0.29) is 18.1 Å². The molecule has 0 N–H and O–H groups in total. The summed E-state index contributed by atoms with van der Waals surface area (Å²) in [5, 5.41) is 4.22. The lowest BCUT2D eigenvalue weighted by Crippen LogP contribution is -2.22. The molecule has 0 spiro atoms. The highest BCUT2D eigenvalue weighted by Crippen LogP contribution is 2.18. The van der Waals surface area contributed by atoms with Gasteiger partial charge < -0.3 is 9.47 Å². The average molecular weight is 404 g/mol. The third-order valence-corrected chi connectivity index (χ3v) is 5.79. The van der Waals surface area contributed by atoms with Crippen LogP contribution in [0.5, 0.6) is 5.75 Å². The molecule has 3 aromatic rings. The van der Waals surface area contributed by atoms with Gasteiger partial charge in [0.25, 0.3) is 0 Å². The summed E-state index contributed by atoms with van der Waals surface area (Å²) >= 11 is 0. The van der Waals surface area contributed by atoms with Crippen molar-refractivity contribution in [1.29, 1.82) is 0 Å². The SMILES string of the molecule is Cc1nn2cccnc2c1C(=O)OCCOc1ccc(S(=O)(=O)N(C)C)cc1. The van der Waals surface area contributed by atoms with E-state index < -0.39 is 16.0 Å². The van der Waals surface area contributed by atoms with Gasteiger partial charge in [-0.05, 0) is 37.3 Å². The standard InChI is InChI=1S/C18H20N4O5S/c1-13-16(17-19-9-4-10-22(17)20-13)18(23)27-12-11-26-14-5-7-15(8-6-14)28(24,25)21(2)3/h4-10H,11-12H2,1-3H3. The van der Waals surface area contributed by atoms with Gasteiger partial charge in [-0.1, -0.05) is 0 Å². The summed E-state index contributed by atoms with van der Waals surface area (Å²) in [5.41, 5.74) is 1.28. The summed E-state index contributed by atoms with van der Waals surface area (Å²) in [6.07, 6.45) is 3.28. The minimum Gasteiger partial charge on any atom is -0.490 e. The highest BCUT2D eigenvalue weighted by Gasteiger charge is 2.19. The average Bonchev–Trinajstić information content (AvgIpc) is 3.01. The van der Waals surface area contributed by atoms with E-state index in [0.717, 1.165) is 4.31 Å². The van der Waals surface area contributed by atoms with E-state index in [1.807, 2.05) is 0 Å². The molecule has 10 heteroatoms. The van der Waals surface area contributed by atoms with E-state index >= 15 is 0 Å². The van der Waals surface area contributed by atoms with Crippen molar-refractivity contribution in [2.45, 2.75) is 11.8 Å². The van der Waals surface area contributed by atoms with Gasteiger partial charge in [-0.25, -0.2) is 27.0 Å². The van der Waals surface area contributed by atoms with Crippen molar-refractivity contribution in [3.8, 4) is 5.75 Å². The molecule has 0 aliphatic heterocycles. The number of carbonyl (C=O) groups excluding carboxylic acids is 1. The molecule has 148 valence electrons. The second-order valence-corrected chi connectivity index (χ2v) is 8.24. The minimum absolute atomic E-state index is 0.0280. The van der Waals surface area contributed by atoms with Crippen LogP contribution in [0.25, 0.3) is 5.65 Å². The van der Waals surface area contributed by atoms with Crippen LogP contribution in [-0.2, 0) is 14.8 Å². The zero-order chi connectivity index (χ0) is 20.3. The number of nitrogens with zero attached hydrogens (tertiary/aromatic N) is 4. The molecule has 2 aromatic heterocycles. The summed E-state index contributed by atoms with van der Waals surface area (Å²) in [6.45, 7) is 1.86. The Labute approximate surface area is 162 Å². The van der Waals surface area contributed by atoms with E-state index in [4.69, 9.17) is 9.47 Å². The van der Waals surface area contributed by atoms with Crippen molar-refractivity contribution in [2.24, 2.45) is 0 Å². The van der Waals surface area contributed by atoms with Gasteiger partial charge in [-0.3, -0.25) is 0 Å². The Bertz CT molecular complexity index is 1090. The molecule has 0 saturated carbocycles. The van der Waals surface area contributed by atoms with Gasteiger partial charge in [-0.2, -0.15) is 5.10 Å². The maximum absolute atomic E-state index is 12.3. The molecular weight excluding hydrogens is 384 g/mol. The summed E-state index contributed by atoms with van der Waals surface area (Å²) in [7, 11) is -0.548. The first-order valence-electron chi connectivity index (χ1n) is 8.43. The monoisotopic (exact) mass is 404 g/mol. The normalized spacial score (nSPS) is 11.7. The van der Waals surface area contributed by atoms with Crippen LogP contribution in [0.1, 0.15) is 16.1 Å². The van der Waals surface area contributed by atoms with Crippen LogP contribution in [0, 0.1) is 6.92 Å². The van der Waals surface area contributed by atoms with Gasteiger partial charge in [0.15, 0.2) is 5.65 Å². The molecule has 0 fully saturated rings. The number of sulfonamides is 1. The van der Waals surface area contributed by atoms with Crippen LogP contribution in [0.4, 0.5) is 0 Å². The van der Waals surface area contributed by atoms with Crippen molar-refractivity contribution >= 4 is 21.6 Å². The van der Waals surface area contributed by atoms with Crippen molar-refractivity contribution < 1.29 is 22.7 Å². The molecular formula is C18H20N4O5S. The molecule has 28 heavy (non-hydrogen) atoms. The second kappa shape index (κ2) is 7.95. The lowest BCUT2D eigenvalue weighted by Gasteiger charge is -2.12. The maximum atomic E-state index is 12.3. The van der Waals surface area contributed by atoms with Crippen LogP contribution in [0.3, 0.4) is 0 Å². The number of aryl methyl sites for hydroxylation is 1. The first-order chi connectivity index (χ1) is 13.3. The van der Waals surface area contributed by atoms with Crippen LogP contribution < -0.4 is 4.74 Å². The molecule has 0 aliphatic rings. The quantitative estimate of drug-likeness (QED) is 0.434. The third kappa shape index (κ3) is 3.97. The largest absolute Gasteiger partial charge is 0.490 e. The molecule has 0 radical (unpaired) electrons. The van der Waals surface area contributed by atoms with Gasteiger partial charge in [-0.15, -0.1) is 0 Å². The van der Waals surface area contributed by atoms with E-state index in [9.17, 15) is 13.2 Å². The van der Waals surface area contributed by atoms with E-state index in [0.29, 0.717) is 22.7 Å². The van der Waals surface area contributed by atoms with Gasteiger partial charge in [0, 0.05) is 26.5 Å². The fraction of sp³-hybridized carbons (Fsp3) is 0.278. The number of benzene rings is 1. The number of carbonyl (C=O) groups is 1. The molecule has 0 aliphatic carbocycles. The van der Waals surface area contributed by atoms with Gasteiger partial charge in [0.1, 0.15) is 24.5 Å². The fourth-order valence-electron chi connectivity index (χ4n) is 2.52. The molecule has 9 nitrogen and oxygen atoms in total. The minimum atomic E-state index is -3.48. The zero-order valence-electron chi connectivity index (χ0n) is 15.7. The van der Waals surface area contributed by atoms with Gasteiger partial charge in [0.2, 0.25) is 10.0 Å². The van der Waals surface area contributed by atoms with Crippen molar-refractivity contribution in [3.63, 3.8) is 0 Å². The van der Waals surface area contributed by atoms with Crippen molar-refractivity contribution in [3.05, 3.63) is 54.0 Å². The molecule has 0 amide bonds. The first-order valence-corrected chi connectivity index (χ1v) is 9.87. The number of rotatable bonds is 7. The second-order valence-electron chi connectivity index (χ2n) is 6.09. The highest BCUT2D eigenvalue weighted by molar-refractivity contribution is 7.89. The maximum Gasteiger partial charge on any atom is 0.344 e. The zero-order valence-corrected chi connectivity index (χ0v) is 16.5. The number of aromatic nitrogens is 3. The molecule has 3 rings (SSSR count). The molecule has 0 bridgehead atoms. The summed E-state index contributed by atoms with van der Waals surface area (Å²) in [6, 6.07) is 7.75. The molecule has 2 heterocycles. The molecule has 1 aromatic carbocycles. The van der Waals surface area contributed by atoms with Crippen LogP contribution in [0.15, 0.2) is 47.6 Å². The molecule has 0 atom stereocenters. The first kappa shape index (κ1) is 19.8. The lowest BCUT2D eigenvalue weighted by molar-refractivity contribution is 0.0451. The third-order valence-electron chi connectivity index (χ3n) is 3.96. The number of ether oxygens (including phenoxy) is 2. The number of hydrogen-bond acceptors (Lipinski definition) is 7. The highest BCUT2D eigenvalue weighted by atomic mass is 32.2. The topological polar surface area (TPSA) is 103 Å². The van der Waals surface area contributed by atoms with Crippen LogP contribution in [-0.4, -0.2) is 60.6 Å². The van der Waals surface area contributed by atoms with Gasteiger partial charge >= 0.3 is 5.97 Å². The summed E-state index contributed by atoms with van der Waals surface area (Å²) in [5.74, 6) is -0.0511. The molecule has 0 unspecified atom stereocenters. The summed E-state index contributed by atoms with van der Waals surface area (Å²) in [4.78, 5) is 16.7. The number of fused-ring (bicyclic) bond motifs is 1. The Morgan fingerprint density at radius 1 is 1.18 bits per heavy atom. The van der Waals surface area contributed by atoms with Gasteiger partial charge in [0.05, 0.1) is 10.6 Å². The predicted molar refractivity (Wildman–Crippen MR) is 101 cm³/mol. The van der Waals surface area contributed by atoms with E-state index in [1.54, 1.807) is 37.5 Å². The number of hydrogen-bond donors (Lipinski definition) is 0. The predicted octanol–water partition coefficient (Wildman–Crippen LogP) is 1.52. The Kier molecular flexibility index (Phi) is 5.61. The smallest absolute Gasteiger partial charge is 0.344 e. The Morgan fingerprint density at radius 2 is 1.89 bits per heavy atom. The molecule has 0 saturated heterocycles. The number of esters is 1. The van der Waals surface area contributed by atoms with Crippen molar-refractivity contribution in [1.82, 2.24) is 18.9 Å². The summed E-state index contributed by atoms with van der Waals surface area (Å²) < 4.78 is 37.5. The lowest BCUT2D eigenvalue weighted by atomic mass is 10.2. The Balaban J connectivity index is 1.56. The van der Waals surface area contributed by atoms with Crippen LogP contribution >= 0.6 is 0 Å². The van der Waals surface area contributed by atoms with E-state index in [1.165, 1.54) is 30.7 Å². The fourth-order valence-corrected chi connectivity index (χ4v) is 3.42. The van der Waals surface area contributed by atoms with Crippen molar-refractivity contribution in [2.75, 3.05) is 27.3 Å². The van der Waals surface area contributed by atoms with E-state index in [2.05, 4.69) is 10.1 Å². The Morgan fingerprint density at radius 3 is 2.57 bits per heavy atom. The van der Waals surface area contributed by atoms with Crippen LogP contribution in [0.2, 0.25) is 0 Å².